The second-order valence-corrected chi connectivity index (χ2v) is 6.83. The number of carbonyl (C=O) groups is 1. The summed E-state index contributed by atoms with van der Waals surface area (Å²) in [5, 5.41) is 2.62. The highest BCUT2D eigenvalue weighted by atomic mass is 35.5. The van der Waals surface area contributed by atoms with Gasteiger partial charge >= 0.3 is 0 Å². The number of hydrogen-bond donors (Lipinski definition) is 1. The molecule has 0 bridgehead atoms. The fourth-order valence-corrected chi connectivity index (χ4v) is 3.80. The maximum Gasteiger partial charge on any atom is 0.274 e. The van der Waals surface area contributed by atoms with Gasteiger partial charge in [0.05, 0.1) is 11.7 Å². The van der Waals surface area contributed by atoms with Crippen LogP contribution in [0.3, 0.4) is 0 Å². The van der Waals surface area contributed by atoms with Crippen molar-refractivity contribution >= 4 is 35.9 Å². The average Bonchev–Trinajstić information content (AvgIpc) is 3.18. The number of halogens is 1. The number of para-hydroxylation sites is 2. The molecule has 4 rings (SSSR count). The van der Waals surface area contributed by atoms with E-state index < -0.39 is 0 Å². The topological polar surface area (TPSA) is 79.8 Å². The third-order valence-electron chi connectivity index (χ3n) is 4.61. The minimum Gasteiger partial charge on any atom is -0.486 e. The van der Waals surface area contributed by atoms with E-state index in [9.17, 15) is 4.79 Å². The van der Waals surface area contributed by atoms with Gasteiger partial charge in [0.1, 0.15) is 12.7 Å². The minimum atomic E-state index is -0.192. The third kappa shape index (κ3) is 4.26. The van der Waals surface area contributed by atoms with Crippen molar-refractivity contribution in [3.8, 4) is 11.5 Å². The zero-order valence-electron chi connectivity index (χ0n) is 15.0. The zero-order valence-corrected chi connectivity index (χ0v) is 16.6. The molecule has 0 spiro atoms. The van der Waals surface area contributed by atoms with Gasteiger partial charge in [-0.2, -0.15) is 8.75 Å². The lowest BCUT2D eigenvalue weighted by Gasteiger charge is -2.37. The maximum absolute atomic E-state index is 11.9. The molecule has 0 saturated carbocycles. The summed E-state index contributed by atoms with van der Waals surface area (Å²) in [6, 6.07) is 7.77. The SMILES string of the molecule is CNC(=O)c1nsnc1N1CCN(CC2COc3ccccc3O2)CC1.Cl. The van der Waals surface area contributed by atoms with Crippen molar-refractivity contribution in [1.29, 1.82) is 0 Å². The Morgan fingerprint density at radius 2 is 1.96 bits per heavy atom. The van der Waals surface area contributed by atoms with Gasteiger partial charge in [0.25, 0.3) is 5.91 Å². The maximum atomic E-state index is 11.9. The van der Waals surface area contributed by atoms with Gasteiger partial charge in [0, 0.05) is 39.8 Å². The number of amides is 1. The fourth-order valence-electron chi connectivity index (χ4n) is 3.24. The van der Waals surface area contributed by atoms with E-state index in [-0.39, 0.29) is 24.4 Å². The summed E-state index contributed by atoms with van der Waals surface area (Å²) < 4.78 is 20.3. The Kier molecular flexibility index (Phi) is 6.35. The van der Waals surface area contributed by atoms with E-state index in [0.717, 1.165) is 56.0 Å². The van der Waals surface area contributed by atoms with Crippen molar-refractivity contribution < 1.29 is 14.3 Å². The molecule has 1 saturated heterocycles. The number of ether oxygens (including phenoxy) is 2. The van der Waals surface area contributed by atoms with Gasteiger partial charge in [-0.1, -0.05) is 12.1 Å². The number of nitrogens with one attached hydrogen (secondary N) is 1. The molecule has 1 fully saturated rings. The normalized spacial score (nSPS) is 19.3. The molecule has 27 heavy (non-hydrogen) atoms. The Morgan fingerprint density at radius 1 is 1.22 bits per heavy atom. The van der Waals surface area contributed by atoms with Gasteiger partial charge in [-0.05, 0) is 12.1 Å². The molecule has 1 aromatic carbocycles. The number of hydrogen-bond acceptors (Lipinski definition) is 8. The van der Waals surface area contributed by atoms with Crippen molar-refractivity contribution in [3.05, 3.63) is 30.0 Å². The second kappa shape index (κ2) is 8.73. The Morgan fingerprint density at radius 3 is 2.70 bits per heavy atom. The number of carbonyl (C=O) groups excluding carboxylic acids is 1. The van der Waals surface area contributed by atoms with Crippen LogP contribution in [0.15, 0.2) is 24.3 Å². The van der Waals surface area contributed by atoms with Crippen LogP contribution in [0.1, 0.15) is 10.5 Å². The quantitative estimate of drug-likeness (QED) is 0.811. The van der Waals surface area contributed by atoms with E-state index in [4.69, 9.17) is 9.47 Å². The first-order valence-electron chi connectivity index (χ1n) is 8.65. The summed E-state index contributed by atoms with van der Waals surface area (Å²) in [5.74, 6) is 2.11. The second-order valence-electron chi connectivity index (χ2n) is 6.30. The smallest absolute Gasteiger partial charge is 0.274 e. The number of fused-ring (bicyclic) bond motifs is 1. The van der Waals surface area contributed by atoms with Crippen LogP contribution in [-0.4, -0.2) is 72.0 Å². The highest BCUT2D eigenvalue weighted by Gasteiger charge is 2.28. The molecule has 1 unspecified atom stereocenters. The van der Waals surface area contributed by atoms with Gasteiger partial charge in [-0.15, -0.1) is 12.4 Å². The molecule has 2 aliphatic rings. The van der Waals surface area contributed by atoms with Crippen LogP contribution in [0.5, 0.6) is 11.5 Å². The molecule has 146 valence electrons. The Hall–Kier alpha value is -2.10. The number of anilines is 1. The molecule has 2 aliphatic heterocycles. The van der Waals surface area contributed by atoms with Gasteiger partial charge in [-0.25, -0.2) is 0 Å². The van der Waals surface area contributed by atoms with E-state index in [0.29, 0.717) is 18.1 Å². The summed E-state index contributed by atoms with van der Waals surface area (Å²) in [5.41, 5.74) is 0.409. The first-order valence-corrected chi connectivity index (χ1v) is 9.38. The molecule has 10 heteroatoms. The summed E-state index contributed by atoms with van der Waals surface area (Å²) in [6.07, 6.45) is 0.0267. The molecular formula is C17H22ClN5O3S. The van der Waals surface area contributed by atoms with Crippen LogP contribution in [0.4, 0.5) is 5.82 Å². The monoisotopic (exact) mass is 411 g/mol. The molecular weight excluding hydrogens is 390 g/mol. The summed E-state index contributed by atoms with van der Waals surface area (Å²) in [7, 11) is 1.60. The highest BCUT2D eigenvalue weighted by Crippen LogP contribution is 2.31. The van der Waals surface area contributed by atoms with E-state index in [2.05, 4.69) is 23.9 Å². The molecule has 2 aromatic rings. The summed E-state index contributed by atoms with van der Waals surface area (Å²) in [6.45, 7) is 4.76. The first kappa shape index (κ1) is 19.7. The Labute approximate surface area is 168 Å². The van der Waals surface area contributed by atoms with E-state index in [1.165, 1.54) is 0 Å². The van der Waals surface area contributed by atoms with Gasteiger partial charge in [-0.3, -0.25) is 9.69 Å². The molecule has 8 nitrogen and oxygen atoms in total. The van der Waals surface area contributed by atoms with Gasteiger partial charge in [0.2, 0.25) is 0 Å². The third-order valence-corrected chi connectivity index (χ3v) is 5.13. The van der Waals surface area contributed by atoms with E-state index in [1.807, 2.05) is 24.3 Å². The molecule has 1 N–H and O–H groups in total. The van der Waals surface area contributed by atoms with Crippen molar-refractivity contribution in [2.75, 3.05) is 51.3 Å². The van der Waals surface area contributed by atoms with Crippen LogP contribution in [0.2, 0.25) is 0 Å². The van der Waals surface area contributed by atoms with Crippen molar-refractivity contribution in [2.24, 2.45) is 0 Å². The molecule has 3 heterocycles. The van der Waals surface area contributed by atoms with Crippen molar-refractivity contribution in [1.82, 2.24) is 19.0 Å². The van der Waals surface area contributed by atoms with Gasteiger partial charge < -0.3 is 19.7 Å². The highest BCUT2D eigenvalue weighted by molar-refractivity contribution is 6.99. The lowest BCUT2D eigenvalue weighted by molar-refractivity contribution is 0.0571. The predicted octanol–water partition coefficient (Wildman–Crippen LogP) is 1.28. The fraction of sp³-hybridized carbons (Fsp3) is 0.471. The number of nitrogens with zero attached hydrogens (tertiary/aromatic N) is 4. The average molecular weight is 412 g/mol. The zero-order chi connectivity index (χ0) is 17.9. The minimum absolute atomic E-state index is 0. The first-order chi connectivity index (χ1) is 12.7. The number of piperazine rings is 1. The summed E-state index contributed by atoms with van der Waals surface area (Å²) in [4.78, 5) is 16.4. The van der Waals surface area contributed by atoms with Crippen LogP contribution in [0, 0.1) is 0 Å². The largest absolute Gasteiger partial charge is 0.486 e. The molecule has 1 amide bonds. The Bertz CT molecular complexity index is 781. The number of aromatic nitrogens is 2. The molecule has 1 atom stereocenters. The lowest BCUT2D eigenvalue weighted by Crippen LogP contribution is -2.51. The van der Waals surface area contributed by atoms with Gasteiger partial charge in [0.15, 0.2) is 23.0 Å². The van der Waals surface area contributed by atoms with Crippen molar-refractivity contribution in [2.45, 2.75) is 6.10 Å². The van der Waals surface area contributed by atoms with Crippen LogP contribution in [0.25, 0.3) is 0 Å². The van der Waals surface area contributed by atoms with E-state index in [1.54, 1.807) is 7.05 Å². The lowest BCUT2D eigenvalue weighted by atomic mass is 10.2. The van der Waals surface area contributed by atoms with Crippen molar-refractivity contribution in [3.63, 3.8) is 0 Å². The van der Waals surface area contributed by atoms with E-state index >= 15 is 0 Å². The Balaban J connectivity index is 0.00000210. The standard InChI is InChI=1S/C17H21N5O3S.ClH/c1-18-17(23)15-16(20-26-19-15)22-8-6-21(7-9-22)10-12-11-24-13-4-2-3-5-14(13)25-12;/h2-5,12H,6-11H2,1H3,(H,18,23);1H. The number of rotatable bonds is 4. The van der Waals surface area contributed by atoms with Crippen LogP contribution < -0.4 is 19.7 Å². The predicted molar refractivity (Wildman–Crippen MR) is 106 cm³/mol. The molecule has 0 radical (unpaired) electrons. The van der Waals surface area contributed by atoms with Crippen LogP contribution in [-0.2, 0) is 0 Å². The molecule has 0 aliphatic carbocycles. The number of benzene rings is 1. The molecule has 1 aromatic heterocycles. The summed E-state index contributed by atoms with van der Waals surface area (Å²) >= 11 is 1.07. The van der Waals surface area contributed by atoms with Crippen LogP contribution >= 0.6 is 24.1 Å².